The smallest absolute Gasteiger partial charge is 0.330 e. The lowest BCUT2D eigenvalue weighted by Gasteiger charge is -2.12. The molecule has 0 aliphatic carbocycles. The maximum atomic E-state index is 12.4. The molecule has 21 heavy (non-hydrogen) atoms. The van der Waals surface area contributed by atoms with Crippen molar-refractivity contribution < 1.29 is 18.0 Å². The van der Waals surface area contributed by atoms with Gasteiger partial charge in [-0.2, -0.15) is 13.2 Å². The minimum absolute atomic E-state index is 0.00137. The summed E-state index contributed by atoms with van der Waals surface area (Å²) >= 11 is -0.224. The monoisotopic (exact) mass is 320 g/mol. The first kappa shape index (κ1) is 17.8. The van der Waals surface area contributed by atoms with Crippen LogP contribution in [0, 0.1) is 0 Å². The van der Waals surface area contributed by atoms with Crippen molar-refractivity contribution in [3.8, 4) is 0 Å². The van der Waals surface area contributed by atoms with Crippen LogP contribution < -0.4 is 11.1 Å². The summed E-state index contributed by atoms with van der Waals surface area (Å²) < 4.78 is 37.3. The summed E-state index contributed by atoms with van der Waals surface area (Å²) in [7, 11) is 0. The second-order valence-electron chi connectivity index (χ2n) is 4.55. The number of carbonyl (C=O) groups is 1. The van der Waals surface area contributed by atoms with Crippen molar-refractivity contribution in [2.75, 3.05) is 11.9 Å². The van der Waals surface area contributed by atoms with Crippen LogP contribution in [0.25, 0.3) is 0 Å². The fourth-order valence-electron chi connectivity index (χ4n) is 1.78. The van der Waals surface area contributed by atoms with Gasteiger partial charge in [-0.1, -0.05) is 25.0 Å². The van der Waals surface area contributed by atoms with Crippen LogP contribution in [0.3, 0.4) is 0 Å². The molecule has 0 fully saturated rings. The van der Waals surface area contributed by atoms with Gasteiger partial charge in [0.1, 0.15) is 0 Å². The van der Waals surface area contributed by atoms with Crippen LogP contribution in [0.1, 0.15) is 32.1 Å². The molecule has 0 atom stereocenters. The predicted molar refractivity (Wildman–Crippen MR) is 79.1 cm³/mol. The van der Waals surface area contributed by atoms with Gasteiger partial charge in [-0.15, -0.1) is 0 Å². The number of para-hydroxylation sites is 1. The third kappa shape index (κ3) is 7.96. The first-order chi connectivity index (χ1) is 9.92. The number of hydrogen-bond acceptors (Lipinski definition) is 3. The van der Waals surface area contributed by atoms with E-state index in [0.29, 0.717) is 19.4 Å². The molecule has 1 amide bonds. The van der Waals surface area contributed by atoms with Gasteiger partial charge in [-0.3, -0.25) is 4.79 Å². The highest BCUT2D eigenvalue weighted by atomic mass is 32.2. The third-order valence-electron chi connectivity index (χ3n) is 2.74. The largest absolute Gasteiger partial charge is 0.446 e. The molecule has 0 spiro atoms. The Morgan fingerprint density at radius 1 is 1.14 bits per heavy atom. The highest BCUT2D eigenvalue weighted by molar-refractivity contribution is 8.00. The molecule has 1 rings (SSSR count). The number of anilines is 1. The van der Waals surface area contributed by atoms with Crippen LogP contribution in [-0.4, -0.2) is 18.0 Å². The molecule has 7 heteroatoms. The average Bonchev–Trinajstić information content (AvgIpc) is 2.39. The van der Waals surface area contributed by atoms with Crippen LogP contribution in [0.4, 0.5) is 18.9 Å². The van der Waals surface area contributed by atoms with E-state index in [4.69, 9.17) is 5.73 Å². The summed E-state index contributed by atoms with van der Waals surface area (Å²) in [6, 6.07) is 5.92. The number of alkyl halides is 3. The van der Waals surface area contributed by atoms with Gasteiger partial charge in [0, 0.05) is 11.3 Å². The van der Waals surface area contributed by atoms with Crippen LogP contribution >= 0.6 is 11.8 Å². The maximum absolute atomic E-state index is 12.4. The Balaban J connectivity index is 2.48. The first-order valence-electron chi connectivity index (χ1n) is 6.77. The first-order valence-corrected chi connectivity index (χ1v) is 7.58. The highest BCUT2D eigenvalue weighted by Crippen LogP contribution is 2.40. The Morgan fingerprint density at radius 3 is 2.48 bits per heavy atom. The van der Waals surface area contributed by atoms with E-state index in [0.717, 1.165) is 19.3 Å². The Kier molecular flexibility index (Phi) is 7.60. The molecule has 3 nitrogen and oxygen atoms in total. The van der Waals surface area contributed by atoms with Crippen molar-refractivity contribution in [3.63, 3.8) is 0 Å². The van der Waals surface area contributed by atoms with E-state index in [-0.39, 0.29) is 28.3 Å². The molecule has 0 saturated carbocycles. The van der Waals surface area contributed by atoms with Gasteiger partial charge >= 0.3 is 5.51 Å². The van der Waals surface area contributed by atoms with Gasteiger partial charge in [0.05, 0.1) is 5.69 Å². The molecule has 0 aliphatic rings. The summed E-state index contributed by atoms with van der Waals surface area (Å²) in [6.45, 7) is 0.633. The zero-order valence-corrected chi connectivity index (χ0v) is 12.4. The van der Waals surface area contributed by atoms with Crippen molar-refractivity contribution in [3.05, 3.63) is 24.3 Å². The number of carbonyl (C=O) groups excluding carboxylic acids is 1. The second kappa shape index (κ2) is 8.94. The van der Waals surface area contributed by atoms with E-state index < -0.39 is 5.51 Å². The van der Waals surface area contributed by atoms with E-state index in [1.807, 2.05) is 0 Å². The quantitative estimate of drug-likeness (QED) is 0.559. The number of rotatable bonds is 8. The number of amides is 1. The lowest BCUT2D eigenvalue weighted by atomic mass is 10.1. The second-order valence-corrected chi connectivity index (χ2v) is 5.65. The van der Waals surface area contributed by atoms with Crippen molar-refractivity contribution >= 4 is 23.4 Å². The summed E-state index contributed by atoms with van der Waals surface area (Å²) in [5.74, 6) is -0.266. The minimum Gasteiger partial charge on any atom is -0.330 e. The fourth-order valence-corrected chi connectivity index (χ4v) is 2.40. The van der Waals surface area contributed by atoms with Gasteiger partial charge in [-0.05, 0) is 43.3 Å². The number of hydrogen-bond donors (Lipinski definition) is 2. The van der Waals surface area contributed by atoms with Gasteiger partial charge in [-0.25, -0.2) is 0 Å². The summed E-state index contributed by atoms with van der Waals surface area (Å²) in [6.07, 6.45) is 3.79. The Bertz CT molecular complexity index is 452. The number of unbranched alkanes of at least 4 members (excludes halogenated alkanes) is 3. The lowest BCUT2D eigenvalue weighted by molar-refractivity contribution is -0.116. The predicted octanol–water partition coefficient (Wildman–Crippen LogP) is 4.15. The maximum Gasteiger partial charge on any atom is 0.446 e. The van der Waals surface area contributed by atoms with Gasteiger partial charge in [0.15, 0.2) is 0 Å². The molecule has 0 bridgehead atoms. The zero-order chi connectivity index (χ0) is 15.7. The van der Waals surface area contributed by atoms with E-state index in [9.17, 15) is 18.0 Å². The summed E-state index contributed by atoms with van der Waals surface area (Å²) in [5, 5.41) is 2.54. The lowest BCUT2D eigenvalue weighted by Crippen LogP contribution is -2.12. The van der Waals surface area contributed by atoms with E-state index >= 15 is 0 Å². The van der Waals surface area contributed by atoms with Crippen molar-refractivity contribution in [2.45, 2.75) is 42.5 Å². The highest BCUT2D eigenvalue weighted by Gasteiger charge is 2.30. The zero-order valence-electron chi connectivity index (χ0n) is 11.6. The molecule has 0 unspecified atom stereocenters. The topological polar surface area (TPSA) is 55.1 Å². The Hall–Kier alpha value is -1.21. The molecule has 0 aliphatic heterocycles. The number of halogens is 3. The molecular formula is C14H19F3N2OS. The van der Waals surface area contributed by atoms with Crippen molar-refractivity contribution in [1.82, 2.24) is 0 Å². The van der Waals surface area contributed by atoms with Crippen LogP contribution in [0.15, 0.2) is 29.2 Å². The van der Waals surface area contributed by atoms with Gasteiger partial charge < -0.3 is 11.1 Å². The Labute approximate surface area is 126 Å². The van der Waals surface area contributed by atoms with Crippen molar-refractivity contribution in [2.24, 2.45) is 5.73 Å². The van der Waals surface area contributed by atoms with E-state index in [1.54, 1.807) is 6.07 Å². The van der Waals surface area contributed by atoms with Crippen LogP contribution in [0.5, 0.6) is 0 Å². The molecule has 0 heterocycles. The van der Waals surface area contributed by atoms with Crippen molar-refractivity contribution in [1.29, 1.82) is 0 Å². The molecule has 1 aromatic rings. The summed E-state index contributed by atoms with van der Waals surface area (Å²) in [5.41, 5.74) is 1.20. The Morgan fingerprint density at radius 2 is 1.81 bits per heavy atom. The molecule has 0 aromatic heterocycles. The fraction of sp³-hybridized carbons (Fsp3) is 0.500. The minimum atomic E-state index is -4.37. The third-order valence-corrected chi connectivity index (χ3v) is 3.55. The molecule has 1 aromatic carbocycles. The molecule has 0 saturated heterocycles. The number of thioether (sulfide) groups is 1. The number of benzene rings is 1. The number of nitrogens with one attached hydrogen (secondary N) is 1. The SMILES string of the molecule is NCCCCCCC(=O)Nc1ccccc1SC(F)(F)F. The van der Waals surface area contributed by atoms with Crippen LogP contribution in [0.2, 0.25) is 0 Å². The molecule has 3 N–H and O–H groups in total. The van der Waals surface area contributed by atoms with Gasteiger partial charge in [0.2, 0.25) is 5.91 Å². The van der Waals surface area contributed by atoms with Gasteiger partial charge in [0.25, 0.3) is 0 Å². The molecule has 0 radical (unpaired) electrons. The normalized spacial score (nSPS) is 11.4. The standard InChI is InChI=1S/C14H19F3N2OS/c15-14(16,17)21-12-8-5-4-7-11(12)19-13(20)9-3-1-2-6-10-18/h4-5,7-8H,1-3,6,9-10,18H2,(H,19,20). The molecular weight excluding hydrogens is 301 g/mol. The molecule has 118 valence electrons. The summed E-state index contributed by atoms with van der Waals surface area (Å²) in [4.78, 5) is 11.7. The van der Waals surface area contributed by atoms with E-state index in [2.05, 4.69) is 5.32 Å². The number of nitrogens with two attached hydrogens (primary N) is 1. The van der Waals surface area contributed by atoms with E-state index in [1.165, 1.54) is 18.2 Å². The average molecular weight is 320 g/mol. The van der Waals surface area contributed by atoms with Crippen LogP contribution in [-0.2, 0) is 4.79 Å².